The fourth-order valence-electron chi connectivity index (χ4n) is 3.07. The van der Waals surface area contributed by atoms with Crippen molar-refractivity contribution < 1.29 is 9.59 Å². The summed E-state index contributed by atoms with van der Waals surface area (Å²) in [6.07, 6.45) is 2.29. The van der Waals surface area contributed by atoms with Gasteiger partial charge in [-0.15, -0.1) is 0 Å². The van der Waals surface area contributed by atoms with Gasteiger partial charge in [0, 0.05) is 25.2 Å². The van der Waals surface area contributed by atoms with Crippen LogP contribution in [-0.2, 0) is 11.2 Å². The molecule has 1 saturated heterocycles. The summed E-state index contributed by atoms with van der Waals surface area (Å²) in [4.78, 5) is 26.1. The molecule has 5 nitrogen and oxygen atoms in total. The number of hydrogen-bond donors (Lipinski definition) is 2. The maximum atomic E-state index is 12.2. The van der Waals surface area contributed by atoms with Crippen LogP contribution in [0.25, 0.3) is 0 Å². The summed E-state index contributed by atoms with van der Waals surface area (Å²) >= 11 is 0. The molecule has 0 atom stereocenters. The number of hydrogen-bond acceptors (Lipinski definition) is 2. The monoisotopic (exact) mass is 345 g/mol. The number of aryl methyl sites for hydroxylation is 1. The number of nitrogens with one attached hydrogen (secondary N) is 2. The molecule has 5 heteroatoms. The van der Waals surface area contributed by atoms with Crippen LogP contribution >= 0.6 is 0 Å². The van der Waals surface area contributed by atoms with Gasteiger partial charge in [0.1, 0.15) is 0 Å². The first-order valence-electron chi connectivity index (χ1n) is 9.12. The molecule has 0 unspecified atom stereocenters. The Kier molecular flexibility index (Phi) is 6.45. The highest BCUT2D eigenvalue weighted by Crippen LogP contribution is 2.17. The van der Waals surface area contributed by atoms with E-state index >= 15 is 0 Å². The van der Waals surface area contributed by atoms with Gasteiger partial charge >= 0.3 is 6.03 Å². The molecule has 0 bridgehead atoms. The number of urea groups is 1. The largest absolute Gasteiger partial charge is 0.356 e. The molecule has 1 fully saturated rings. The van der Waals surface area contributed by atoms with Gasteiger partial charge < -0.3 is 15.5 Å². The zero-order valence-corrected chi connectivity index (χ0v) is 15.9. The Hall–Kier alpha value is -2.04. The number of likely N-dealkylation sites (tertiary alicyclic amines) is 1. The molecular weight excluding hydrogens is 314 g/mol. The first-order valence-corrected chi connectivity index (χ1v) is 9.12. The number of carbonyl (C=O) groups excluding carboxylic acids is 2. The second-order valence-electron chi connectivity index (χ2n) is 8.08. The summed E-state index contributed by atoms with van der Waals surface area (Å²) in [5, 5.41) is 6.05. The summed E-state index contributed by atoms with van der Waals surface area (Å²) in [5.41, 5.74) is 2.01. The summed E-state index contributed by atoms with van der Waals surface area (Å²) in [6, 6.07) is 8.06. The van der Waals surface area contributed by atoms with Crippen molar-refractivity contribution in [1.29, 1.82) is 0 Å². The molecule has 0 saturated carbocycles. The molecule has 138 valence electrons. The number of rotatable bonds is 4. The van der Waals surface area contributed by atoms with Gasteiger partial charge in [0.2, 0.25) is 5.91 Å². The summed E-state index contributed by atoms with van der Waals surface area (Å²) in [5.74, 6) is 0.513. The molecule has 2 N–H and O–H groups in total. The number of nitrogens with zero attached hydrogens (tertiary/aromatic N) is 1. The van der Waals surface area contributed by atoms with Crippen molar-refractivity contribution in [3.05, 3.63) is 35.4 Å². The minimum absolute atomic E-state index is 0.00873. The van der Waals surface area contributed by atoms with Crippen molar-refractivity contribution in [2.75, 3.05) is 19.6 Å². The lowest BCUT2D eigenvalue weighted by Gasteiger charge is -2.34. The third kappa shape index (κ3) is 6.77. The maximum Gasteiger partial charge on any atom is 0.317 e. The van der Waals surface area contributed by atoms with Crippen LogP contribution in [0.2, 0.25) is 0 Å². The molecule has 3 amide bonds. The Morgan fingerprint density at radius 2 is 1.88 bits per heavy atom. The zero-order chi connectivity index (χ0) is 18.4. The molecule has 1 heterocycles. The SMILES string of the molecule is Cc1cccc(CC(=O)NCC2CCN(C(=O)NC(C)(C)C)CC2)c1. The lowest BCUT2D eigenvalue weighted by atomic mass is 9.96. The Bertz CT molecular complexity index is 599. The van der Waals surface area contributed by atoms with E-state index < -0.39 is 0 Å². The van der Waals surface area contributed by atoms with Crippen LogP contribution in [0.4, 0.5) is 4.79 Å². The van der Waals surface area contributed by atoms with E-state index in [9.17, 15) is 9.59 Å². The van der Waals surface area contributed by atoms with Crippen molar-refractivity contribution >= 4 is 11.9 Å². The van der Waals surface area contributed by atoms with Crippen molar-refractivity contribution in [2.24, 2.45) is 5.92 Å². The van der Waals surface area contributed by atoms with Crippen LogP contribution in [-0.4, -0.2) is 42.0 Å². The quantitative estimate of drug-likeness (QED) is 0.881. The average Bonchev–Trinajstić information content (AvgIpc) is 2.52. The topological polar surface area (TPSA) is 61.4 Å². The number of benzene rings is 1. The predicted octanol–water partition coefficient (Wildman–Crippen LogP) is 2.87. The van der Waals surface area contributed by atoms with Gasteiger partial charge in [0.05, 0.1) is 6.42 Å². The van der Waals surface area contributed by atoms with E-state index in [1.165, 1.54) is 5.56 Å². The average molecular weight is 345 g/mol. The summed E-state index contributed by atoms with van der Waals surface area (Å²) < 4.78 is 0. The van der Waals surface area contributed by atoms with Gasteiger partial charge in [-0.1, -0.05) is 29.8 Å². The third-order valence-corrected chi connectivity index (χ3v) is 4.42. The molecule has 0 aromatic heterocycles. The van der Waals surface area contributed by atoms with Crippen LogP contribution in [0.15, 0.2) is 24.3 Å². The van der Waals surface area contributed by atoms with E-state index in [1.807, 2.05) is 56.9 Å². The first-order chi connectivity index (χ1) is 11.7. The lowest BCUT2D eigenvalue weighted by Crippen LogP contribution is -2.51. The van der Waals surface area contributed by atoms with Crippen LogP contribution < -0.4 is 10.6 Å². The molecule has 0 radical (unpaired) electrons. The predicted molar refractivity (Wildman–Crippen MR) is 100 cm³/mol. The zero-order valence-electron chi connectivity index (χ0n) is 15.9. The van der Waals surface area contributed by atoms with Crippen molar-refractivity contribution in [3.8, 4) is 0 Å². The van der Waals surface area contributed by atoms with Gasteiger partial charge in [0.15, 0.2) is 0 Å². The van der Waals surface area contributed by atoms with Gasteiger partial charge in [-0.2, -0.15) is 0 Å². The minimum atomic E-state index is -0.211. The molecular formula is C20H31N3O2. The molecule has 1 aliphatic heterocycles. The molecule has 25 heavy (non-hydrogen) atoms. The van der Waals surface area contributed by atoms with Gasteiger partial charge in [0.25, 0.3) is 0 Å². The van der Waals surface area contributed by atoms with Crippen molar-refractivity contribution in [3.63, 3.8) is 0 Å². The van der Waals surface area contributed by atoms with Crippen LogP contribution in [0.1, 0.15) is 44.7 Å². The second-order valence-corrected chi connectivity index (χ2v) is 8.08. The smallest absolute Gasteiger partial charge is 0.317 e. The third-order valence-electron chi connectivity index (χ3n) is 4.42. The molecule has 0 spiro atoms. The van der Waals surface area contributed by atoms with Crippen LogP contribution in [0.5, 0.6) is 0 Å². The van der Waals surface area contributed by atoms with Crippen molar-refractivity contribution in [1.82, 2.24) is 15.5 Å². The standard InChI is InChI=1S/C20H31N3O2/c1-15-6-5-7-17(12-15)13-18(24)21-14-16-8-10-23(11-9-16)19(25)22-20(2,3)4/h5-7,12,16H,8-11,13-14H2,1-4H3,(H,21,24)(H,22,25). The van der Waals surface area contributed by atoms with Gasteiger partial charge in [-0.25, -0.2) is 4.79 Å². The number of amides is 3. The highest BCUT2D eigenvalue weighted by molar-refractivity contribution is 5.78. The second kappa shape index (κ2) is 8.37. The number of piperidine rings is 1. The van der Waals surface area contributed by atoms with E-state index in [0.717, 1.165) is 31.5 Å². The fraction of sp³-hybridized carbons (Fsp3) is 0.600. The fourth-order valence-corrected chi connectivity index (χ4v) is 3.07. The first kappa shape index (κ1) is 19.3. The van der Waals surface area contributed by atoms with E-state index in [2.05, 4.69) is 10.6 Å². The maximum absolute atomic E-state index is 12.2. The lowest BCUT2D eigenvalue weighted by molar-refractivity contribution is -0.120. The van der Waals surface area contributed by atoms with Gasteiger partial charge in [-0.05, 0) is 52.0 Å². The van der Waals surface area contributed by atoms with E-state index in [0.29, 0.717) is 18.9 Å². The molecule has 1 aliphatic rings. The molecule has 2 rings (SSSR count). The molecule has 0 aliphatic carbocycles. The van der Waals surface area contributed by atoms with Crippen molar-refractivity contribution in [2.45, 2.75) is 52.5 Å². The Labute approximate surface area is 151 Å². The number of carbonyl (C=O) groups is 2. The Morgan fingerprint density at radius 1 is 1.20 bits per heavy atom. The van der Waals surface area contributed by atoms with E-state index in [-0.39, 0.29) is 17.5 Å². The highest BCUT2D eigenvalue weighted by Gasteiger charge is 2.25. The van der Waals surface area contributed by atoms with Crippen LogP contribution in [0.3, 0.4) is 0 Å². The Balaban J connectivity index is 1.70. The minimum Gasteiger partial charge on any atom is -0.356 e. The normalized spacial score (nSPS) is 15.8. The summed E-state index contributed by atoms with van der Waals surface area (Å²) in [7, 11) is 0. The van der Waals surface area contributed by atoms with E-state index in [1.54, 1.807) is 0 Å². The van der Waals surface area contributed by atoms with E-state index in [4.69, 9.17) is 0 Å². The van der Waals surface area contributed by atoms with Crippen LogP contribution in [0, 0.1) is 12.8 Å². The summed E-state index contributed by atoms with van der Waals surface area (Å²) in [6.45, 7) is 10.2. The molecule has 1 aromatic rings. The van der Waals surface area contributed by atoms with Gasteiger partial charge in [-0.3, -0.25) is 4.79 Å². The Morgan fingerprint density at radius 3 is 2.48 bits per heavy atom. The molecule has 1 aromatic carbocycles. The highest BCUT2D eigenvalue weighted by atomic mass is 16.2.